The van der Waals surface area contributed by atoms with Gasteiger partial charge in [0.2, 0.25) is 0 Å². The third kappa shape index (κ3) is 14.0. The number of aliphatic imine (C=N–C) groups is 2. The first-order chi connectivity index (χ1) is 20.6. The number of halogens is 4. The van der Waals surface area contributed by atoms with Crippen LogP contribution in [0.1, 0.15) is 51.7 Å². The van der Waals surface area contributed by atoms with E-state index >= 15 is 0 Å². The number of benzene rings is 1. The fourth-order valence-corrected chi connectivity index (χ4v) is 3.42. The molecule has 0 heterocycles. The summed E-state index contributed by atoms with van der Waals surface area (Å²) in [6, 6.07) is 3.88. The Balaban J connectivity index is 0.00000422. The molecule has 0 amide bonds. The summed E-state index contributed by atoms with van der Waals surface area (Å²) >= 11 is 0. The highest BCUT2D eigenvalue weighted by molar-refractivity contribution is 6.43. The molecule has 0 bridgehead atoms. The van der Waals surface area contributed by atoms with Crippen LogP contribution >= 0.6 is 0 Å². The summed E-state index contributed by atoms with van der Waals surface area (Å²) < 4.78 is 63.2. The number of hydrogen-bond acceptors (Lipinski definition) is 6. The highest BCUT2D eigenvalue weighted by Crippen LogP contribution is 2.39. The van der Waals surface area contributed by atoms with Crippen LogP contribution in [0, 0.1) is 11.7 Å². The predicted molar refractivity (Wildman–Crippen MR) is 167 cm³/mol. The van der Waals surface area contributed by atoms with Gasteiger partial charge in [-0.05, 0) is 49.1 Å². The van der Waals surface area contributed by atoms with E-state index in [2.05, 4.69) is 34.9 Å². The van der Waals surface area contributed by atoms with Crippen molar-refractivity contribution >= 4 is 23.7 Å². The van der Waals surface area contributed by atoms with Crippen molar-refractivity contribution in [3.8, 4) is 0 Å². The van der Waals surface area contributed by atoms with Gasteiger partial charge in [-0.25, -0.2) is 18.2 Å². The first kappa shape index (κ1) is 38.7. The lowest BCUT2D eigenvalue weighted by Gasteiger charge is -2.16. The zero-order chi connectivity index (χ0) is 32.9. The Hall–Kier alpha value is -4.28. The van der Waals surface area contributed by atoms with Crippen molar-refractivity contribution in [1.29, 1.82) is 0 Å². The largest absolute Gasteiger partial charge is 0.493 e. The van der Waals surface area contributed by atoms with Crippen molar-refractivity contribution in [1.82, 2.24) is 4.90 Å². The number of ketones is 1. The third-order valence-electron chi connectivity index (χ3n) is 5.57. The smallest absolute Gasteiger partial charge is 0.258 e. The molecule has 0 aliphatic heterocycles. The van der Waals surface area contributed by atoms with Gasteiger partial charge >= 0.3 is 0 Å². The number of rotatable bonds is 14. The van der Waals surface area contributed by atoms with Gasteiger partial charge in [0.1, 0.15) is 18.1 Å². The van der Waals surface area contributed by atoms with Crippen molar-refractivity contribution in [2.75, 3.05) is 20.7 Å². The molecular weight excluding hydrogens is 564 g/mol. The number of carbonyl (C=O) groups excluding carboxylic acids is 1. The third-order valence-corrected chi connectivity index (χ3v) is 5.57. The number of hydrogen-bond donors (Lipinski definition) is 0. The summed E-state index contributed by atoms with van der Waals surface area (Å²) in [5, 5.41) is 2.52. The van der Waals surface area contributed by atoms with Crippen molar-refractivity contribution in [2.45, 2.75) is 53.6 Å². The van der Waals surface area contributed by atoms with E-state index in [0.717, 1.165) is 41.3 Å². The van der Waals surface area contributed by atoms with E-state index in [9.17, 15) is 22.4 Å². The molecule has 0 spiro atoms. The molecule has 1 aliphatic rings. The van der Waals surface area contributed by atoms with Crippen molar-refractivity contribution in [3.63, 3.8) is 0 Å². The van der Waals surface area contributed by atoms with Gasteiger partial charge in [0.25, 0.3) is 6.43 Å². The lowest BCUT2D eigenvalue weighted by molar-refractivity contribution is -0.111. The van der Waals surface area contributed by atoms with Gasteiger partial charge in [-0.15, -0.1) is 13.2 Å². The first-order valence-corrected chi connectivity index (χ1v) is 13.6. The maximum absolute atomic E-state index is 14.7. The van der Waals surface area contributed by atoms with Gasteiger partial charge in [-0.1, -0.05) is 42.3 Å². The number of methoxy groups -OCH3 is 1. The molecule has 1 aromatic carbocycles. The number of allylic oxidation sites excluding steroid dienone is 4. The number of ether oxygens (including phenoxy) is 2. The number of alkyl halides is 2. The molecular formula is C32H42F4N4O3. The lowest BCUT2D eigenvalue weighted by Crippen LogP contribution is -2.23. The minimum atomic E-state index is -2.75. The van der Waals surface area contributed by atoms with E-state index in [1.54, 1.807) is 13.0 Å². The quantitative estimate of drug-likeness (QED) is 0.0538. The second-order valence-electron chi connectivity index (χ2n) is 8.67. The van der Waals surface area contributed by atoms with E-state index in [1.807, 2.05) is 13.8 Å². The molecule has 1 aromatic rings. The fourth-order valence-electron chi connectivity index (χ4n) is 3.42. The molecule has 1 saturated carbocycles. The molecule has 1 fully saturated rings. The lowest BCUT2D eigenvalue weighted by atomic mass is 10.1. The molecule has 0 unspecified atom stereocenters. The van der Waals surface area contributed by atoms with Crippen LogP contribution in [0.3, 0.4) is 0 Å². The summed E-state index contributed by atoms with van der Waals surface area (Å²) in [7, 11) is 2.78. The van der Waals surface area contributed by atoms with E-state index in [0.29, 0.717) is 23.3 Å². The summed E-state index contributed by atoms with van der Waals surface area (Å²) in [5.74, 6) is -0.882. The average Bonchev–Trinajstić information content (AvgIpc) is 3.84. The van der Waals surface area contributed by atoms with Crippen LogP contribution in [-0.4, -0.2) is 55.8 Å². The molecule has 236 valence electrons. The Kier molecular flexibility index (Phi) is 19.3. The van der Waals surface area contributed by atoms with Gasteiger partial charge < -0.3 is 14.4 Å². The SMILES string of the molecule is C=C.C=C/C(CN=C(/C=C(\C)OCc1ccc(/C(=N/F)N(C)/C=C/C(F)F)c(F)c1)C(C)=O)=C(\N=COC)C1CC1.CC. The van der Waals surface area contributed by atoms with Gasteiger partial charge in [-0.2, -0.15) is 0 Å². The van der Waals surface area contributed by atoms with Crippen LogP contribution in [0.25, 0.3) is 0 Å². The number of carbonyl (C=O) groups is 1. The van der Waals surface area contributed by atoms with Crippen LogP contribution in [-0.2, 0) is 20.9 Å². The van der Waals surface area contributed by atoms with Crippen LogP contribution < -0.4 is 0 Å². The zero-order valence-corrected chi connectivity index (χ0v) is 25.7. The molecule has 1 aliphatic carbocycles. The second kappa shape index (κ2) is 21.4. The van der Waals surface area contributed by atoms with Crippen LogP contribution in [0.15, 0.2) is 94.6 Å². The summed E-state index contributed by atoms with van der Waals surface area (Å²) in [6.07, 6.45) is 5.20. The topological polar surface area (TPSA) is 75.9 Å². The van der Waals surface area contributed by atoms with Crippen LogP contribution in [0.4, 0.5) is 17.7 Å². The first-order valence-electron chi connectivity index (χ1n) is 13.6. The highest BCUT2D eigenvalue weighted by atomic mass is 19.3. The van der Waals surface area contributed by atoms with Gasteiger partial charge in [-0.3, -0.25) is 9.79 Å². The molecule has 43 heavy (non-hydrogen) atoms. The summed E-state index contributed by atoms with van der Waals surface area (Å²) in [5.41, 5.74) is 2.00. The summed E-state index contributed by atoms with van der Waals surface area (Å²) in [4.78, 5) is 21.9. The van der Waals surface area contributed by atoms with E-state index < -0.39 is 18.1 Å². The fraction of sp³-hybridized carbons (Fsp3) is 0.375. The van der Waals surface area contributed by atoms with Crippen LogP contribution in [0.5, 0.6) is 0 Å². The highest BCUT2D eigenvalue weighted by Gasteiger charge is 2.27. The maximum Gasteiger partial charge on any atom is 0.258 e. The Bertz CT molecular complexity index is 1230. The normalized spacial score (nSPS) is 14.4. The van der Waals surface area contributed by atoms with Gasteiger partial charge in [0.15, 0.2) is 18.0 Å². The molecule has 7 nitrogen and oxygen atoms in total. The second-order valence-corrected chi connectivity index (χ2v) is 8.67. The molecule has 2 rings (SSSR count). The molecule has 0 N–H and O–H groups in total. The molecule has 11 heteroatoms. The van der Waals surface area contributed by atoms with Gasteiger partial charge in [0.05, 0.1) is 30.7 Å². The Morgan fingerprint density at radius 2 is 1.86 bits per heavy atom. The van der Waals surface area contributed by atoms with E-state index in [4.69, 9.17) is 9.47 Å². The van der Waals surface area contributed by atoms with Crippen LogP contribution in [0.2, 0.25) is 0 Å². The monoisotopic (exact) mass is 606 g/mol. The standard InChI is InChI=1S/C28H32F4N4O3.C2H6.C2H4/c1-6-21(27(22-8-9-22)34-17-38-5)15-33-25(19(3)37)13-18(2)39-16-20-7-10-23(24(29)14-20)28(35-32)36(4)12-11-26(30)31;2*1-2/h6-7,10-14,17,22,26H,1,8-9,15-16H2,2-5H3;1-2H3;1-2H2/b12-11+,18-13+,27-21+,33-25?,34-17?,35-28-;;. The number of amidine groups is 1. The number of nitrogens with zero attached hydrogens (tertiary/aromatic N) is 4. The van der Waals surface area contributed by atoms with E-state index in [-0.39, 0.29) is 30.2 Å². The molecule has 0 radical (unpaired) electrons. The van der Waals surface area contributed by atoms with E-state index in [1.165, 1.54) is 45.7 Å². The van der Waals surface area contributed by atoms with Crippen molar-refractivity contribution in [2.24, 2.45) is 21.1 Å². The van der Waals surface area contributed by atoms with Gasteiger partial charge in [0, 0.05) is 32.2 Å². The maximum atomic E-state index is 14.7. The van der Waals surface area contributed by atoms with Crippen molar-refractivity contribution in [3.05, 3.63) is 96.3 Å². The zero-order valence-electron chi connectivity index (χ0n) is 25.7. The summed E-state index contributed by atoms with van der Waals surface area (Å²) in [6.45, 7) is 17.0. The molecule has 0 aromatic heterocycles. The van der Waals surface area contributed by atoms with Crippen molar-refractivity contribution < 1.29 is 31.9 Å². The minimum Gasteiger partial charge on any atom is -0.493 e. The molecule has 0 atom stereocenters. The number of Topliss-reactive ketones (excluding diaryl/α,β-unsaturated/α-hetero) is 1. The Labute approximate surface area is 252 Å². The average molecular weight is 607 g/mol. The minimum absolute atomic E-state index is 0.0523. The molecule has 0 saturated heterocycles. The predicted octanol–water partition coefficient (Wildman–Crippen LogP) is 7.97. The Morgan fingerprint density at radius 1 is 1.21 bits per heavy atom. The Morgan fingerprint density at radius 3 is 2.35 bits per heavy atom.